The Morgan fingerprint density at radius 2 is 1.53 bits per heavy atom. The number of nitrogens with zero attached hydrogens (tertiary/aromatic N) is 2. The van der Waals surface area contributed by atoms with Crippen LogP contribution in [0.1, 0.15) is 65.2 Å². The van der Waals surface area contributed by atoms with Crippen molar-refractivity contribution in [2.45, 2.75) is 70.8 Å². The Morgan fingerprint density at radius 3 is 2.00 bits per heavy atom. The molecule has 0 aliphatic carbocycles. The van der Waals surface area contributed by atoms with Crippen molar-refractivity contribution in [3.05, 3.63) is 0 Å². The summed E-state index contributed by atoms with van der Waals surface area (Å²) in [5.74, 6) is -0.430. The highest BCUT2D eigenvalue weighted by atomic mass is 35.5. The molecule has 0 saturated carbocycles. The molecule has 1 aliphatic heterocycles. The molecule has 1 atom stereocenters. The molecule has 3 amide bonds. The first kappa shape index (κ1) is 16.6. The maximum Gasteiger partial charge on any atom is 0.357 e. The standard InChI is InChI=1S/C13H22Cl2N2O2/c1-3-4-5-6-7-8-9-10-13(2)11(18)16(14)12(19)17(13)15/h3-10H2,1-2H3. The molecule has 110 valence electrons. The lowest BCUT2D eigenvalue weighted by molar-refractivity contribution is -0.128. The average molecular weight is 309 g/mol. The zero-order chi connectivity index (χ0) is 14.5. The molecule has 1 rings (SSSR count). The molecule has 6 heteroatoms. The molecule has 1 saturated heterocycles. The minimum absolute atomic E-state index is 0.430. The second kappa shape index (κ2) is 7.34. The second-order valence-electron chi connectivity index (χ2n) is 5.29. The predicted molar refractivity (Wildman–Crippen MR) is 76.8 cm³/mol. The summed E-state index contributed by atoms with van der Waals surface area (Å²) >= 11 is 11.5. The minimum atomic E-state index is -0.996. The van der Waals surface area contributed by atoms with Crippen molar-refractivity contribution in [3.63, 3.8) is 0 Å². The van der Waals surface area contributed by atoms with Crippen LogP contribution in [0.5, 0.6) is 0 Å². The van der Waals surface area contributed by atoms with Crippen LogP contribution in [0.15, 0.2) is 0 Å². The first-order chi connectivity index (χ1) is 8.95. The third kappa shape index (κ3) is 3.76. The lowest BCUT2D eigenvalue weighted by Gasteiger charge is -2.25. The van der Waals surface area contributed by atoms with Gasteiger partial charge < -0.3 is 0 Å². The molecule has 0 radical (unpaired) electrons. The van der Waals surface area contributed by atoms with Gasteiger partial charge in [0.1, 0.15) is 5.54 Å². The van der Waals surface area contributed by atoms with E-state index in [0.29, 0.717) is 10.8 Å². The van der Waals surface area contributed by atoms with E-state index in [1.54, 1.807) is 6.92 Å². The largest absolute Gasteiger partial charge is 0.357 e. The van der Waals surface area contributed by atoms with Gasteiger partial charge in [0, 0.05) is 23.6 Å². The summed E-state index contributed by atoms with van der Waals surface area (Å²) in [6.07, 6.45) is 8.64. The van der Waals surface area contributed by atoms with Crippen LogP contribution in [0.3, 0.4) is 0 Å². The second-order valence-corrected chi connectivity index (χ2v) is 5.97. The molecule has 4 nitrogen and oxygen atoms in total. The van der Waals surface area contributed by atoms with E-state index in [2.05, 4.69) is 6.92 Å². The highest BCUT2D eigenvalue weighted by Crippen LogP contribution is 2.35. The summed E-state index contributed by atoms with van der Waals surface area (Å²) in [5, 5.41) is 0. The molecule has 0 aromatic carbocycles. The third-order valence-electron chi connectivity index (χ3n) is 3.68. The van der Waals surface area contributed by atoms with Gasteiger partial charge in [-0.1, -0.05) is 51.9 Å². The van der Waals surface area contributed by atoms with Gasteiger partial charge in [0.25, 0.3) is 5.91 Å². The van der Waals surface area contributed by atoms with Crippen LogP contribution in [-0.2, 0) is 4.79 Å². The topological polar surface area (TPSA) is 40.6 Å². The molecular weight excluding hydrogens is 287 g/mol. The van der Waals surface area contributed by atoms with Gasteiger partial charge in [-0.3, -0.25) is 4.79 Å². The van der Waals surface area contributed by atoms with Crippen molar-refractivity contribution in [2.24, 2.45) is 0 Å². The Bertz CT molecular complexity index is 339. The lowest BCUT2D eigenvalue weighted by Crippen LogP contribution is -2.41. The summed E-state index contributed by atoms with van der Waals surface area (Å²) in [7, 11) is 0. The Balaban J connectivity index is 2.32. The van der Waals surface area contributed by atoms with E-state index in [-0.39, 0.29) is 0 Å². The monoisotopic (exact) mass is 308 g/mol. The first-order valence-electron chi connectivity index (χ1n) is 6.95. The number of carbonyl (C=O) groups excluding carboxylic acids is 2. The van der Waals surface area contributed by atoms with Crippen molar-refractivity contribution >= 4 is 35.5 Å². The van der Waals surface area contributed by atoms with Gasteiger partial charge in [-0.15, -0.1) is 0 Å². The highest BCUT2D eigenvalue weighted by molar-refractivity contribution is 6.39. The molecule has 1 fully saturated rings. The molecule has 0 aromatic rings. The van der Waals surface area contributed by atoms with Crippen LogP contribution in [0.25, 0.3) is 0 Å². The Kier molecular flexibility index (Phi) is 6.40. The van der Waals surface area contributed by atoms with Crippen molar-refractivity contribution < 1.29 is 9.59 Å². The molecule has 0 spiro atoms. The van der Waals surface area contributed by atoms with Crippen molar-refractivity contribution in [3.8, 4) is 0 Å². The Hall–Kier alpha value is -0.480. The Morgan fingerprint density at radius 1 is 1.00 bits per heavy atom. The summed E-state index contributed by atoms with van der Waals surface area (Å²) in [6.45, 7) is 3.86. The summed E-state index contributed by atoms with van der Waals surface area (Å²) in [5.41, 5.74) is -0.996. The highest BCUT2D eigenvalue weighted by Gasteiger charge is 2.53. The maximum absolute atomic E-state index is 11.9. The van der Waals surface area contributed by atoms with Gasteiger partial charge in [0.05, 0.1) is 0 Å². The number of imide groups is 1. The normalized spacial score (nSPS) is 23.6. The van der Waals surface area contributed by atoms with Crippen LogP contribution in [-0.4, -0.2) is 26.3 Å². The first-order valence-corrected chi connectivity index (χ1v) is 7.63. The number of rotatable bonds is 8. The molecular formula is C13H22Cl2N2O2. The summed E-state index contributed by atoms with van der Waals surface area (Å²) in [4.78, 5) is 23.4. The van der Waals surface area contributed by atoms with Crippen LogP contribution in [0.4, 0.5) is 4.79 Å². The van der Waals surface area contributed by atoms with Gasteiger partial charge in [-0.05, 0) is 13.3 Å². The van der Waals surface area contributed by atoms with Gasteiger partial charge >= 0.3 is 6.03 Å². The number of unbranched alkanes of at least 4 members (excludes halogenated alkanes) is 6. The van der Waals surface area contributed by atoms with E-state index in [9.17, 15) is 9.59 Å². The smallest absolute Gasteiger partial charge is 0.270 e. The van der Waals surface area contributed by atoms with Gasteiger partial charge in [0.15, 0.2) is 0 Å². The van der Waals surface area contributed by atoms with E-state index in [4.69, 9.17) is 23.6 Å². The molecule has 1 aliphatic rings. The molecule has 1 heterocycles. The van der Waals surface area contributed by atoms with Gasteiger partial charge in [-0.25, -0.2) is 9.21 Å². The van der Waals surface area contributed by atoms with Crippen molar-refractivity contribution in [1.29, 1.82) is 0 Å². The number of amides is 3. The SMILES string of the molecule is CCCCCCCCCC1(C)C(=O)N(Cl)C(=O)N1Cl. The van der Waals surface area contributed by atoms with Crippen LogP contribution < -0.4 is 0 Å². The fourth-order valence-electron chi connectivity index (χ4n) is 2.30. The zero-order valence-corrected chi connectivity index (χ0v) is 13.1. The minimum Gasteiger partial charge on any atom is -0.270 e. The third-order valence-corrected chi connectivity index (χ3v) is 4.49. The van der Waals surface area contributed by atoms with Crippen molar-refractivity contribution in [2.75, 3.05) is 0 Å². The number of halogens is 2. The average Bonchev–Trinajstić information content (AvgIpc) is 2.54. The van der Waals surface area contributed by atoms with E-state index in [1.165, 1.54) is 25.7 Å². The van der Waals surface area contributed by atoms with Crippen LogP contribution in [0, 0.1) is 0 Å². The molecule has 0 bridgehead atoms. The van der Waals surface area contributed by atoms with Crippen LogP contribution in [0.2, 0.25) is 0 Å². The summed E-state index contributed by atoms with van der Waals surface area (Å²) < 4.78 is 1.51. The Labute approximate surface area is 125 Å². The molecule has 19 heavy (non-hydrogen) atoms. The van der Waals surface area contributed by atoms with E-state index < -0.39 is 17.5 Å². The van der Waals surface area contributed by atoms with Gasteiger partial charge in [-0.2, -0.15) is 4.42 Å². The number of hydrogen-bond donors (Lipinski definition) is 0. The molecule has 0 aromatic heterocycles. The number of hydrogen-bond acceptors (Lipinski definition) is 2. The maximum atomic E-state index is 11.9. The molecule has 1 unspecified atom stereocenters. The fourth-order valence-corrected chi connectivity index (χ4v) is 2.83. The number of urea groups is 1. The predicted octanol–water partition coefficient (Wildman–Crippen LogP) is 4.46. The zero-order valence-electron chi connectivity index (χ0n) is 11.6. The van der Waals surface area contributed by atoms with Gasteiger partial charge in [0.2, 0.25) is 0 Å². The van der Waals surface area contributed by atoms with Crippen molar-refractivity contribution in [1.82, 2.24) is 8.84 Å². The quantitative estimate of drug-likeness (QED) is 0.377. The van der Waals surface area contributed by atoms with E-state index in [1.807, 2.05) is 0 Å². The molecule has 0 N–H and O–H groups in total. The summed E-state index contributed by atoms with van der Waals surface area (Å²) in [6, 6.07) is -0.654. The lowest BCUT2D eigenvalue weighted by atomic mass is 9.94. The van der Waals surface area contributed by atoms with E-state index in [0.717, 1.165) is 23.7 Å². The number of carbonyl (C=O) groups is 2. The van der Waals surface area contributed by atoms with Crippen LogP contribution >= 0.6 is 23.6 Å². The fraction of sp³-hybridized carbons (Fsp3) is 0.846. The van der Waals surface area contributed by atoms with E-state index >= 15 is 0 Å².